The lowest BCUT2D eigenvalue weighted by molar-refractivity contribution is 0.363. The van der Waals surface area contributed by atoms with Crippen molar-refractivity contribution in [2.24, 2.45) is 11.8 Å². The van der Waals surface area contributed by atoms with Gasteiger partial charge in [-0.15, -0.1) is 0 Å². The van der Waals surface area contributed by atoms with Crippen molar-refractivity contribution < 1.29 is 0 Å². The van der Waals surface area contributed by atoms with Crippen molar-refractivity contribution in [1.29, 1.82) is 0 Å². The van der Waals surface area contributed by atoms with Gasteiger partial charge in [-0.1, -0.05) is 47.0 Å². The van der Waals surface area contributed by atoms with Crippen LogP contribution >= 0.6 is 24.4 Å². The number of thioether (sulfide) groups is 1. The minimum Gasteiger partial charge on any atom is -0.176 e. The summed E-state index contributed by atoms with van der Waals surface area (Å²) >= 11 is 6.67. The third-order valence-corrected chi connectivity index (χ3v) is 5.94. The molecule has 0 saturated heterocycles. The van der Waals surface area contributed by atoms with E-state index in [-0.39, 0.29) is 0 Å². The van der Waals surface area contributed by atoms with Gasteiger partial charge in [0.25, 0.3) is 0 Å². The Bertz CT molecular complexity index is 178. The van der Waals surface area contributed by atoms with E-state index in [2.05, 4.69) is 46.6 Å². The average molecular weight is 291 g/mol. The molecule has 18 heavy (non-hydrogen) atoms. The van der Waals surface area contributed by atoms with Gasteiger partial charge in [-0.3, -0.25) is 0 Å². The molecule has 0 aromatic carbocycles. The topological polar surface area (TPSA) is 0 Å². The van der Waals surface area contributed by atoms with Crippen molar-refractivity contribution >= 4 is 24.4 Å². The highest BCUT2D eigenvalue weighted by molar-refractivity contribution is 7.99. The van der Waals surface area contributed by atoms with Crippen LogP contribution in [0.5, 0.6) is 0 Å². The second-order valence-corrected chi connectivity index (χ2v) is 7.62. The Hall–Kier alpha value is 0.700. The summed E-state index contributed by atoms with van der Waals surface area (Å²) in [5.74, 6) is 1.78. The summed E-state index contributed by atoms with van der Waals surface area (Å²) in [5.41, 5.74) is 0. The lowest BCUT2D eigenvalue weighted by Gasteiger charge is -2.22. The van der Waals surface area contributed by atoms with Crippen molar-refractivity contribution in [1.82, 2.24) is 0 Å². The monoisotopic (exact) mass is 290 g/mol. The van der Waals surface area contributed by atoms with Gasteiger partial charge in [-0.2, -0.15) is 24.4 Å². The van der Waals surface area contributed by atoms with Crippen LogP contribution in [0, 0.1) is 11.8 Å². The van der Waals surface area contributed by atoms with Gasteiger partial charge in [0, 0.05) is 10.5 Å². The highest BCUT2D eigenvalue weighted by Crippen LogP contribution is 2.28. The Kier molecular flexibility index (Phi) is 12.0. The molecule has 0 amide bonds. The first-order valence-electron chi connectivity index (χ1n) is 7.78. The smallest absolute Gasteiger partial charge is 0.00442 e. The predicted molar refractivity (Wildman–Crippen MR) is 92.1 cm³/mol. The van der Waals surface area contributed by atoms with Crippen LogP contribution in [0.3, 0.4) is 0 Å². The molecule has 0 bridgehead atoms. The van der Waals surface area contributed by atoms with Gasteiger partial charge in [-0.05, 0) is 43.8 Å². The molecular formula is C16H34S2. The quantitative estimate of drug-likeness (QED) is 0.451. The summed E-state index contributed by atoms with van der Waals surface area (Å²) in [7, 11) is 0. The molecule has 0 heterocycles. The Labute approximate surface area is 125 Å². The predicted octanol–water partition coefficient (Wildman–Crippen LogP) is 6.06. The van der Waals surface area contributed by atoms with Gasteiger partial charge in [0.15, 0.2) is 0 Å². The third kappa shape index (κ3) is 8.74. The normalized spacial score (nSPS) is 18.3. The lowest BCUT2D eigenvalue weighted by atomic mass is 9.89. The molecule has 2 heteroatoms. The molecule has 0 nitrogen and oxygen atoms in total. The van der Waals surface area contributed by atoms with Gasteiger partial charge >= 0.3 is 0 Å². The Balaban J connectivity index is 3.91. The maximum Gasteiger partial charge on any atom is 0.00442 e. The average Bonchev–Trinajstić information content (AvgIpc) is 2.39. The number of thiol groups is 1. The third-order valence-electron chi connectivity index (χ3n) is 4.18. The van der Waals surface area contributed by atoms with Crippen LogP contribution < -0.4 is 0 Å². The molecule has 4 atom stereocenters. The molecule has 0 aromatic heterocycles. The van der Waals surface area contributed by atoms with E-state index in [1.165, 1.54) is 44.9 Å². The molecule has 0 radical (unpaired) electrons. The molecule has 4 unspecified atom stereocenters. The van der Waals surface area contributed by atoms with Crippen molar-refractivity contribution in [3.05, 3.63) is 0 Å². The first-order valence-corrected chi connectivity index (χ1v) is 9.58. The maximum absolute atomic E-state index is 4.62. The van der Waals surface area contributed by atoms with E-state index in [1.54, 1.807) is 0 Å². The fourth-order valence-corrected chi connectivity index (χ4v) is 3.72. The molecule has 0 spiro atoms. The summed E-state index contributed by atoms with van der Waals surface area (Å²) in [4.78, 5) is 0. The van der Waals surface area contributed by atoms with Crippen LogP contribution in [-0.4, -0.2) is 16.8 Å². The largest absolute Gasteiger partial charge is 0.176 e. The fourth-order valence-electron chi connectivity index (χ4n) is 2.56. The Morgan fingerprint density at radius 2 is 1.61 bits per heavy atom. The van der Waals surface area contributed by atoms with E-state index in [4.69, 9.17) is 0 Å². The molecule has 0 aliphatic heterocycles. The van der Waals surface area contributed by atoms with E-state index >= 15 is 0 Å². The van der Waals surface area contributed by atoms with Gasteiger partial charge in [0.05, 0.1) is 0 Å². The molecular weight excluding hydrogens is 256 g/mol. The number of hydrogen-bond donors (Lipinski definition) is 1. The summed E-state index contributed by atoms with van der Waals surface area (Å²) in [6.45, 7) is 9.32. The molecule has 0 saturated carbocycles. The summed E-state index contributed by atoms with van der Waals surface area (Å²) in [6, 6.07) is 0. The Morgan fingerprint density at radius 3 is 2.06 bits per heavy atom. The van der Waals surface area contributed by atoms with Crippen LogP contribution in [0.15, 0.2) is 0 Å². The summed E-state index contributed by atoms with van der Waals surface area (Å²) in [6.07, 6.45) is 11.6. The van der Waals surface area contributed by atoms with Gasteiger partial charge in [0.2, 0.25) is 0 Å². The highest BCUT2D eigenvalue weighted by atomic mass is 32.2. The van der Waals surface area contributed by atoms with Crippen molar-refractivity contribution in [3.8, 4) is 0 Å². The first kappa shape index (κ1) is 18.7. The van der Waals surface area contributed by atoms with Gasteiger partial charge in [0.1, 0.15) is 0 Å². The SMILES string of the molecule is CCC(S)CC(C)CCC(CC)CC(CC)SC. The molecule has 0 aromatic rings. The Morgan fingerprint density at radius 1 is 0.944 bits per heavy atom. The zero-order valence-corrected chi connectivity index (χ0v) is 14.8. The molecule has 0 rings (SSSR count). The van der Waals surface area contributed by atoms with Crippen LogP contribution in [0.4, 0.5) is 0 Å². The zero-order valence-electron chi connectivity index (χ0n) is 13.1. The van der Waals surface area contributed by atoms with Gasteiger partial charge in [-0.25, -0.2) is 0 Å². The van der Waals surface area contributed by atoms with Gasteiger partial charge < -0.3 is 0 Å². The molecule has 0 N–H and O–H groups in total. The molecule has 0 fully saturated rings. The van der Waals surface area contributed by atoms with E-state index in [0.717, 1.165) is 17.1 Å². The van der Waals surface area contributed by atoms with Crippen LogP contribution in [0.1, 0.15) is 72.6 Å². The minimum absolute atomic E-state index is 0.606. The minimum atomic E-state index is 0.606. The molecule has 110 valence electrons. The van der Waals surface area contributed by atoms with Crippen molar-refractivity contribution in [2.45, 2.75) is 83.1 Å². The lowest BCUT2D eigenvalue weighted by Crippen LogP contribution is -2.12. The molecule has 0 aliphatic carbocycles. The second kappa shape index (κ2) is 11.5. The maximum atomic E-state index is 4.62. The standard InChI is InChI=1S/C16H34S2/c1-6-14(12-16(8-3)18-5)10-9-13(4)11-15(17)7-2/h13-17H,6-12H2,1-5H3. The highest BCUT2D eigenvalue weighted by Gasteiger charge is 2.15. The second-order valence-electron chi connectivity index (χ2n) is 5.76. The summed E-state index contributed by atoms with van der Waals surface area (Å²) < 4.78 is 0. The van der Waals surface area contributed by atoms with Crippen LogP contribution in [0.2, 0.25) is 0 Å². The number of hydrogen-bond acceptors (Lipinski definition) is 2. The van der Waals surface area contributed by atoms with Crippen molar-refractivity contribution in [3.63, 3.8) is 0 Å². The van der Waals surface area contributed by atoms with E-state index in [1.807, 2.05) is 11.8 Å². The van der Waals surface area contributed by atoms with E-state index in [0.29, 0.717) is 5.25 Å². The van der Waals surface area contributed by atoms with Crippen LogP contribution in [-0.2, 0) is 0 Å². The van der Waals surface area contributed by atoms with Crippen LogP contribution in [0.25, 0.3) is 0 Å². The first-order chi connectivity index (χ1) is 8.57. The fraction of sp³-hybridized carbons (Fsp3) is 1.00. The van der Waals surface area contributed by atoms with E-state index < -0.39 is 0 Å². The van der Waals surface area contributed by atoms with Crippen molar-refractivity contribution in [2.75, 3.05) is 6.26 Å². The molecule has 0 aliphatic rings. The van der Waals surface area contributed by atoms with E-state index in [9.17, 15) is 0 Å². The zero-order chi connectivity index (χ0) is 14.0. The summed E-state index contributed by atoms with van der Waals surface area (Å²) in [5, 5.41) is 1.48. The number of rotatable bonds is 11.